The van der Waals surface area contributed by atoms with Gasteiger partial charge in [-0.15, -0.1) is 0 Å². The maximum absolute atomic E-state index is 5.38. The monoisotopic (exact) mass is 258 g/mol. The number of aromatic nitrogens is 2. The smallest absolute Gasteiger partial charge is 0.231 e. The van der Waals surface area contributed by atoms with E-state index in [4.69, 9.17) is 9.47 Å². The van der Waals surface area contributed by atoms with Crippen LogP contribution in [0, 0.1) is 0 Å². The highest BCUT2D eigenvalue weighted by molar-refractivity contribution is 5.65. The predicted octanol–water partition coefficient (Wildman–Crippen LogP) is 2.01. The second-order valence-electron chi connectivity index (χ2n) is 4.11. The van der Waals surface area contributed by atoms with E-state index in [0.29, 0.717) is 0 Å². The zero-order valence-corrected chi connectivity index (χ0v) is 10.8. The summed E-state index contributed by atoms with van der Waals surface area (Å²) in [4.78, 5) is 10.3. The maximum Gasteiger partial charge on any atom is 0.231 e. The molecule has 19 heavy (non-hydrogen) atoms. The first-order chi connectivity index (χ1) is 9.28. The third-order valence-corrected chi connectivity index (χ3v) is 3.00. The summed E-state index contributed by atoms with van der Waals surface area (Å²) in [5.41, 5.74) is 0.977. The van der Waals surface area contributed by atoms with E-state index in [1.165, 1.54) is 6.33 Å². The summed E-state index contributed by atoms with van der Waals surface area (Å²) >= 11 is 0. The van der Waals surface area contributed by atoms with Gasteiger partial charge < -0.3 is 19.7 Å². The van der Waals surface area contributed by atoms with Crippen molar-refractivity contribution in [2.75, 3.05) is 31.1 Å². The van der Waals surface area contributed by atoms with Crippen LogP contribution in [0.5, 0.6) is 11.5 Å². The Bertz CT molecular complexity index is 603. The highest BCUT2D eigenvalue weighted by Crippen LogP contribution is 2.36. The Kier molecular flexibility index (Phi) is 2.83. The van der Waals surface area contributed by atoms with Crippen LogP contribution >= 0.6 is 0 Å². The summed E-state index contributed by atoms with van der Waals surface area (Å²) in [7, 11) is 3.77. The largest absolute Gasteiger partial charge is 0.454 e. The number of nitrogens with zero attached hydrogens (tertiary/aromatic N) is 3. The Morgan fingerprint density at radius 2 is 2.00 bits per heavy atom. The van der Waals surface area contributed by atoms with Gasteiger partial charge >= 0.3 is 0 Å². The lowest BCUT2D eigenvalue weighted by Crippen LogP contribution is -2.11. The van der Waals surface area contributed by atoms with Gasteiger partial charge in [0, 0.05) is 31.9 Å². The van der Waals surface area contributed by atoms with Crippen LogP contribution in [0.2, 0.25) is 0 Å². The van der Waals surface area contributed by atoms with Gasteiger partial charge in [0.1, 0.15) is 18.0 Å². The van der Waals surface area contributed by atoms with Crippen LogP contribution in [-0.2, 0) is 0 Å². The van der Waals surface area contributed by atoms with Gasteiger partial charge in [0.25, 0.3) is 0 Å². The van der Waals surface area contributed by atoms with E-state index in [0.717, 1.165) is 28.8 Å². The van der Waals surface area contributed by atoms with E-state index in [-0.39, 0.29) is 6.79 Å². The highest BCUT2D eigenvalue weighted by Gasteiger charge is 2.15. The molecule has 0 unspecified atom stereocenters. The van der Waals surface area contributed by atoms with Crippen LogP contribution in [0.3, 0.4) is 0 Å². The average molecular weight is 258 g/mol. The predicted molar refractivity (Wildman–Crippen MR) is 72.2 cm³/mol. The van der Waals surface area contributed by atoms with Crippen LogP contribution in [0.1, 0.15) is 0 Å². The molecule has 0 atom stereocenters. The van der Waals surface area contributed by atoms with Crippen molar-refractivity contribution in [1.29, 1.82) is 0 Å². The molecule has 2 heterocycles. The van der Waals surface area contributed by atoms with Crippen molar-refractivity contribution in [3.05, 3.63) is 30.6 Å². The third-order valence-electron chi connectivity index (χ3n) is 3.00. The lowest BCUT2D eigenvalue weighted by atomic mass is 10.2. The summed E-state index contributed by atoms with van der Waals surface area (Å²) in [6.45, 7) is 0.278. The molecule has 1 aromatic heterocycles. The van der Waals surface area contributed by atoms with Crippen LogP contribution in [0.4, 0.5) is 17.3 Å². The Morgan fingerprint density at radius 1 is 1.16 bits per heavy atom. The summed E-state index contributed by atoms with van der Waals surface area (Å²) in [6, 6.07) is 7.68. The number of anilines is 3. The molecule has 2 aromatic rings. The summed E-state index contributed by atoms with van der Waals surface area (Å²) in [6.07, 6.45) is 1.53. The Labute approximate surface area is 111 Å². The minimum Gasteiger partial charge on any atom is -0.454 e. The summed E-state index contributed by atoms with van der Waals surface area (Å²) in [5.74, 6) is 3.11. The van der Waals surface area contributed by atoms with Crippen LogP contribution < -0.4 is 19.7 Å². The van der Waals surface area contributed by atoms with Crippen molar-refractivity contribution in [3.8, 4) is 11.5 Å². The van der Waals surface area contributed by atoms with Gasteiger partial charge in [0.05, 0.1) is 0 Å². The summed E-state index contributed by atoms with van der Waals surface area (Å²) in [5, 5.41) is 2.99. The van der Waals surface area contributed by atoms with Gasteiger partial charge in [-0.05, 0) is 12.1 Å². The number of hydrogen-bond donors (Lipinski definition) is 1. The molecule has 0 spiro atoms. The third kappa shape index (κ3) is 2.12. The molecule has 6 nitrogen and oxygen atoms in total. The maximum atomic E-state index is 5.38. The Balaban J connectivity index is 1.92. The van der Waals surface area contributed by atoms with Crippen molar-refractivity contribution < 1.29 is 9.47 Å². The van der Waals surface area contributed by atoms with E-state index in [1.807, 2.05) is 43.3 Å². The van der Waals surface area contributed by atoms with E-state index < -0.39 is 0 Å². The minimum absolute atomic E-state index is 0.278. The lowest BCUT2D eigenvalue weighted by molar-refractivity contribution is 0.174. The van der Waals surface area contributed by atoms with Crippen LogP contribution in [-0.4, -0.2) is 30.9 Å². The van der Waals surface area contributed by atoms with E-state index in [1.54, 1.807) is 0 Å². The van der Waals surface area contributed by atoms with Crippen molar-refractivity contribution in [1.82, 2.24) is 9.97 Å². The number of benzene rings is 1. The molecule has 0 saturated heterocycles. The molecule has 0 radical (unpaired) electrons. The first-order valence-electron chi connectivity index (χ1n) is 5.91. The minimum atomic E-state index is 0.278. The van der Waals surface area contributed by atoms with E-state index in [9.17, 15) is 0 Å². The second kappa shape index (κ2) is 4.64. The second-order valence-corrected chi connectivity index (χ2v) is 4.11. The first-order valence-corrected chi connectivity index (χ1v) is 5.91. The van der Waals surface area contributed by atoms with E-state index in [2.05, 4.69) is 15.3 Å². The zero-order valence-electron chi connectivity index (χ0n) is 10.8. The molecule has 1 N–H and O–H groups in total. The standard InChI is InChI=1S/C13H14N4O2/c1-14-12-6-13(16-7-15-12)17(2)9-3-4-10-11(5-9)19-8-18-10/h3-7H,8H2,1-2H3,(H,14,15,16). The fraction of sp³-hybridized carbons (Fsp3) is 0.231. The summed E-state index contributed by atoms with van der Waals surface area (Å²) < 4.78 is 10.7. The quantitative estimate of drug-likeness (QED) is 0.908. The van der Waals surface area contributed by atoms with Crippen molar-refractivity contribution in [2.45, 2.75) is 0 Å². The highest BCUT2D eigenvalue weighted by atomic mass is 16.7. The number of nitrogens with one attached hydrogen (secondary N) is 1. The number of ether oxygens (including phenoxy) is 2. The molecule has 98 valence electrons. The number of rotatable bonds is 3. The zero-order chi connectivity index (χ0) is 13.2. The molecule has 0 bridgehead atoms. The molecular weight excluding hydrogens is 244 g/mol. The Morgan fingerprint density at radius 3 is 2.84 bits per heavy atom. The molecule has 3 rings (SSSR count). The van der Waals surface area contributed by atoms with Gasteiger partial charge in [0.15, 0.2) is 11.5 Å². The molecule has 1 aliphatic heterocycles. The van der Waals surface area contributed by atoms with Gasteiger partial charge in [-0.2, -0.15) is 0 Å². The van der Waals surface area contributed by atoms with Crippen LogP contribution in [0.15, 0.2) is 30.6 Å². The average Bonchev–Trinajstić information content (AvgIpc) is 2.94. The fourth-order valence-electron chi connectivity index (χ4n) is 1.89. The molecule has 1 aliphatic rings. The van der Waals surface area contributed by atoms with Crippen molar-refractivity contribution >= 4 is 17.3 Å². The normalized spacial score (nSPS) is 12.3. The van der Waals surface area contributed by atoms with Gasteiger partial charge in [-0.1, -0.05) is 0 Å². The Hall–Kier alpha value is -2.50. The molecule has 0 fully saturated rings. The lowest BCUT2D eigenvalue weighted by Gasteiger charge is -2.18. The SMILES string of the molecule is CNc1cc(N(C)c2ccc3c(c2)OCO3)ncn1. The molecule has 0 aliphatic carbocycles. The van der Waals surface area contributed by atoms with Crippen molar-refractivity contribution in [3.63, 3.8) is 0 Å². The van der Waals surface area contributed by atoms with Gasteiger partial charge in [0.2, 0.25) is 6.79 Å². The molecule has 0 saturated carbocycles. The van der Waals surface area contributed by atoms with E-state index >= 15 is 0 Å². The number of hydrogen-bond acceptors (Lipinski definition) is 6. The fourth-order valence-corrected chi connectivity index (χ4v) is 1.89. The molecule has 0 amide bonds. The van der Waals surface area contributed by atoms with Crippen molar-refractivity contribution in [2.24, 2.45) is 0 Å². The first kappa shape index (κ1) is 11.6. The van der Waals surface area contributed by atoms with Gasteiger partial charge in [-0.25, -0.2) is 9.97 Å². The number of fused-ring (bicyclic) bond motifs is 1. The molecular formula is C13H14N4O2. The molecule has 1 aromatic carbocycles. The topological polar surface area (TPSA) is 59.5 Å². The van der Waals surface area contributed by atoms with Crippen LogP contribution in [0.25, 0.3) is 0 Å². The molecule has 6 heteroatoms. The van der Waals surface area contributed by atoms with Gasteiger partial charge in [-0.3, -0.25) is 0 Å².